The van der Waals surface area contributed by atoms with Gasteiger partial charge in [0.15, 0.2) is 0 Å². The predicted molar refractivity (Wildman–Crippen MR) is 97.8 cm³/mol. The van der Waals surface area contributed by atoms with E-state index < -0.39 is 0 Å². The fourth-order valence-corrected chi connectivity index (χ4v) is 5.25. The second kappa shape index (κ2) is 6.87. The molecule has 3 fully saturated rings. The zero-order valence-corrected chi connectivity index (χ0v) is 16.1. The van der Waals surface area contributed by atoms with Crippen LogP contribution in [0.5, 0.6) is 0 Å². The molecule has 5 nitrogen and oxygen atoms in total. The second-order valence-corrected chi connectivity index (χ2v) is 9.87. The first-order valence-corrected chi connectivity index (χ1v) is 10.3. The summed E-state index contributed by atoms with van der Waals surface area (Å²) in [6, 6.07) is -0.249. The summed E-state index contributed by atoms with van der Waals surface area (Å²) in [5, 5.41) is 3.47. The number of hydrogen-bond donors (Lipinski definition) is 1. The van der Waals surface area contributed by atoms with Gasteiger partial charge >= 0.3 is 0 Å². The molecule has 3 aliphatic rings. The number of likely N-dealkylation sites (tertiary alicyclic amines) is 1. The van der Waals surface area contributed by atoms with E-state index in [1.165, 1.54) is 6.42 Å². The van der Waals surface area contributed by atoms with Crippen molar-refractivity contribution in [2.75, 3.05) is 37.8 Å². The maximum absolute atomic E-state index is 13.0. The Bertz CT molecular complexity index is 487. The van der Waals surface area contributed by atoms with Crippen LogP contribution in [0.2, 0.25) is 0 Å². The highest BCUT2D eigenvalue weighted by Crippen LogP contribution is 2.37. The van der Waals surface area contributed by atoms with Crippen LogP contribution in [0, 0.1) is 10.8 Å². The maximum atomic E-state index is 13.0. The third-order valence-electron chi connectivity index (χ3n) is 5.64. The Morgan fingerprint density at radius 2 is 1.92 bits per heavy atom. The molecule has 136 valence electrons. The lowest BCUT2D eigenvalue weighted by Crippen LogP contribution is -2.52. The Kier molecular flexibility index (Phi) is 5.17. The van der Waals surface area contributed by atoms with Gasteiger partial charge in [-0.1, -0.05) is 20.8 Å². The molecule has 1 N–H and O–H groups in total. The average Bonchev–Trinajstić information content (AvgIpc) is 3.15. The molecule has 3 heterocycles. The molecule has 6 heteroatoms. The minimum absolute atomic E-state index is 0.0368. The highest BCUT2D eigenvalue weighted by molar-refractivity contribution is 7.99. The lowest BCUT2D eigenvalue weighted by molar-refractivity contribution is -0.145. The zero-order chi connectivity index (χ0) is 17.4. The molecule has 0 aromatic heterocycles. The van der Waals surface area contributed by atoms with Crippen molar-refractivity contribution in [1.82, 2.24) is 15.1 Å². The number of thioether (sulfide) groups is 1. The molecule has 0 bridgehead atoms. The van der Waals surface area contributed by atoms with Crippen molar-refractivity contribution in [2.45, 2.75) is 52.5 Å². The molecule has 1 spiro atoms. The first-order chi connectivity index (χ1) is 11.3. The van der Waals surface area contributed by atoms with Crippen LogP contribution in [0.15, 0.2) is 0 Å². The van der Waals surface area contributed by atoms with E-state index in [9.17, 15) is 9.59 Å². The number of nitrogens with zero attached hydrogens (tertiary/aromatic N) is 2. The molecule has 0 aromatic rings. The van der Waals surface area contributed by atoms with Crippen molar-refractivity contribution in [3.05, 3.63) is 0 Å². The highest BCUT2D eigenvalue weighted by atomic mass is 32.2. The van der Waals surface area contributed by atoms with E-state index in [0.29, 0.717) is 17.7 Å². The Morgan fingerprint density at radius 1 is 1.21 bits per heavy atom. The quantitative estimate of drug-likeness (QED) is 0.824. The van der Waals surface area contributed by atoms with E-state index in [-0.39, 0.29) is 23.3 Å². The molecule has 0 aliphatic carbocycles. The SMILES string of the molecule is CC(C)(C)CC(=O)N1CSCC1C(=O)N1CCC2(CCNC2)CC1. The number of piperidine rings is 1. The summed E-state index contributed by atoms with van der Waals surface area (Å²) in [5.74, 6) is 1.70. The predicted octanol–water partition coefficient (Wildman–Crippen LogP) is 1.93. The molecular weight excluding hydrogens is 322 g/mol. The van der Waals surface area contributed by atoms with Crippen LogP contribution >= 0.6 is 11.8 Å². The van der Waals surface area contributed by atoms with Crippen molar-refractivity contribution in [2.24, 2.45) is 10.8 Å². The van der Waals surface area contributed by atoms with Crippen LogP contribution < -0.4 is 5.32 Å². The lowest BCUT2D eigenvalue weighted by Gasteiger charge is -2.40. The van der Waals surface area contributed by atoms with Gasteiger partial charge in [-0.25, -0.2) is 0 Å². The molecular formula is C18H31N3O2S. The van der Waals surface area contributed by atoms with E-state index >= 15 is 0 Å². The summed E-state index contributed by atoms with van der Waals surface area (Å²) in [7, 11) is 0. The number of amides is 2. The van der Waals surface area contributed by atoms with Gasteiger partial charge < -0.3 is 15.1 Å². The summed E-state index contributed by atoms with van der Waals surface area (Å²) in [5.41, 5.74) is 0.383. The smallest absolute Gasteiger partial charge is 0.246 e. The summed E-state index contributed by atoms with van der Waals surface area (Å²) >= 11 is 1.70. The van der Waals surface area contributed by atoms with E-state index in [4.69, 9.17) is 0 Å². The molecule has 1 unspecified atom stereocenters. The molecule has 2 amide bonds. The first-order valence-electron chi connectivity index (χ1n) is 9.17. The van der Waals surface area contributed by atoms with Crippen molar-refractivity contribution < 1.29 is 9.59 Å². The minimum Gasteiger partial charge on any atom is -0.341 e. The summed E-state index contributed by atoms with van der Waals surface area (Å²) in [6.07, 6.45) is 3.94. The summed E-state index contributed by atoms with van der Waals surface area (Å²) < 4.78 is 0. The lowest BCUT2D eigenvalue weighted by atomic mass is 9.78. The average molecular weight is 354 g/mol. The molecule has 0 saturated carbocycles. The van der Waals surface area contributed by atoms with Gasteiger partial charge in [-0.2, -0.15) is 0 Å². The third-order valence-corrected chi connectivity index (χ3v) is 6.65. The number of hydrogen-bond acceptors (Lipinski definition) is 4. The van der Waals surface area contributed by atoms with Gasteiger partial charge in [-0.05, 0) is 36.6 Å². The first kappa shape index (κ1) is 18.1. The van der Waals surface area contributed by atoms with Crippen LogP contribution in [0.1, 0.15) is 46.5 Å². The van der Waals surface area contributed by atoms with Gasteiger partial charge in [0.05, 0.1) is 5.88 Å². The van der Waals surface area contributed by atoms with Gasteiger partial charge in [0.2, 0.25) is 11.8 Å². The molecule has 3 saturated heterocycles. The monoisotopic (exact) mass is 353 g/mol. The van der Waals surface area contributed by atoms with Gasteiger partial charge in [0.1, 0.15) is 6.04 Å². The van der Waals surface area contributed by atoms with Gasteiger partial charge in [0.25, 0.3) is 0 Å². The van der Waals surface area contributed by atoms with Crippen LogP contribution in [0.25, 0.3) is 0 Å². The number of rotatable bonds is 2. The van der Waals surface area contributed by atoms with Gasteiger partial charge in [-0.3, -0.25) is 9.59 Å². The van der Waals surface area contributed by atoms with Crippen molar-refractivity contribution in [3.8, 4) is 0 Å². The third kappa shape index (κ3) is 3.90. The van der Waals surface area contributed by atoms with E-state index in [2.05, 4.69) is 26.1 Å². The molecule has 0 radical (unpaired) electrons. The number of nitrogens with one attached hydrogen (secondary N) is 1. The van der Waals surface area contributed by atoms with Crippen LogP contribution in [-0.2, 0) is 9.59 Å². The van der Waals surface area contributed by atoms with Gasteiger partial charge in [0, 0.05) is 31.8 Å². The van der Waals surface area contributed by atoms with E-state index in [1.807, 2.05) is 9.80 Å². The standard InChI is InChI=1S/C18H31N3O2S/c1-17(2,3)10-15(22)21-13-24-11-14(21)16(23)20-8-5-18(6-9-20)4-7-19-12-18/h14,19H,4-13H2,1-3H3. The fraction of sp³-hybridized carbons (Fsp3) is 0.889. The summed E-state index contributed by atoms with van der Waals surface area (Å²) in [4.78, 5) is 29.4. The van der Waals surface area contributed by atoms with E-state index in [1.54, 1.807) is 11.8 Å². The fourth-order valence-electron chi connectivity index (χ4n) is 4.08. The van der Waals surface area contributed by atoms with E-state index in [0.717, 1.165) is 44.8 Å². The summed E-state index contributed by atoms with van der Waals surface area (Å²) in [6.45, 7) is 10.1. The Balaban J connectivity index is 1.59. The molecule has 24 heavy (non-hydrogen) atoms. The van der Waals surface area contributed by atoms with Crippen LogP contribution in [0.3, 0.4) is 0 Å². The Morgan fingerprint density at radius 3 is 2.50 bits per heavy atom. The van der Waals surface area contributed by atoms with Crippen molar-refractivity contribution in [1.29, 1.82) is 0 Å². The second-order valence-electron chi connectivity index (χ2n) is 8.87. The van der Waals surface area contributed by atoms with Crippen LogP contribution in [0.4, 0.5) is 0 Å². The molecule has 3 aliphatic heterocycles. The number of carbonyl (C=O) groups excluding carboxylic acids is 2. The minimum atomic E-state index is -0.249. The number of carbonyl (C=O) groups is 2. The van der Waals surface area contributed by atoms with Crippen molar-refractivity contribution in [3.63, 3.8) is 0 Å². The highest BCUT2D eigenvalue weighted by Gasteiger charge is 2.42. The topological polar surface area (TPSA) is 52.7 Å². The zero-order valence-electron chi connectivity index (χ0n) is 15.3. The largest absolute Gasteiger partial charge is 0.341 e. The van der Waals surface area contributed by atoms with Gasteiger partial charge in [-0.15, -0.1) is 11.8 Å². The Hall–Kier alpha value is -0.750. The van der Waals surface area contributed by atoms with Crippen LogP contribution in [-0.4, -0.2) is 65.5 Å². The molecule has 0 aromatic carbocycles. The Labute approximate surface area is 149 Å². The molecule has 1 atom stereocenters. The maximum Gasteiger partial charge on any atom is 0.246 e. The van der Waals surface area contributed by atoms with Crippen molar-refractivity contribution >= 4 is 23.6 Å². The molecule has 3 rings (SSSR count). The normalized spacial score (nSPS) is 27.0.